The van der Waals surface area contributed by atoms with E-state index in [0.717, 1.165) is 29.1 Å². The van der Waals surface area contributed by atoms with Gasteiger partial charge in [0.05, 0.1) is 12.8 Å². The molecule has 0 saturated carbocycles. The fourth-order valence-electron chi connectivity index (χ4n) is 2.46. The molecule has 3 rings (SSSR count). The van der Waals surface area contributed by atoms with Crippen LogP contribution in [0.1, 0.15) is 5.82 Å². The second-order valence-corrected chi connectivity index (χ2v) is 7.77. The molecule has 3 aromatic rings. The van der Waals surface area contributed by atoms with E-state index >= 15 is 0 Å². The van der Waals surface area contributed by atoms with Crippen LogP contribution in [0.2, 0.25) is 0 Å². The standard InChI is InChI=1S/C17H13F4N3O3S/c1-27-12-6-3-10(4-7-12)15-22-16(17(19,20)21)23-24(15)11-5-8-14(13(18)9-11)28(2,25)26/h3-9H,1-2H3. The number of hydrogen-bond acceptors (Lipinski definition) is 5. The molecule has 0 spiro atoms. The third-order valence-electron chi connectivity index (χ3n) is 3.77. The summed E-state index contributed by atoms with van der Waals surface area (Å²) in [4.78, 5) is 2.96. The maximum absolute atomic E-state index is 14.2. The van der Waals surface area contributed by atoms with Gasteiger partial charge >= 0.3 is 6.18 Å². The summed E-state index contributed by atoms with van der Waals surface area (Å²) in [6.45, 7) is 0. The number of sulfone groups is 1. The Balaban J connectivity index is 2.19. The topological polar surface area (TPSA) is 74.1 Å². The molecule has 0 N–H and O–H groups in total. The van der Waals surface area contributed by atoms with Gasteiger partial charge in [-0.05, 0) is 36.4 Å². The van der Waals surface area contributed by atoms with E-state index in [0.29, 0.717) is 5.75 Å². The van der Waals surface area contributed by atoms with Gasteiger partial charge in [0.2, 0.25) is 0 Å². The van der Waals surface area contributed by atoms with E-state index in [1.807, 2.05) is 0 Å². The summed E-state index contributed by atoms with van der Waals surface area (Å²) < 4.78 is 82.5. The largest absolute Gasteiger partial charge is 0.497 e. The minimum atomic E-state index is -4.82. The molecule has 148 valence electrons. The summed E-state index contributed by atoms with van der Waals surface area (Å²) in [5.41, 5.74) is 0.162. The molecular weight excluding hydrogens is 402 g/mol. The quantitative estimate of drug-likeness (QED) is 0.610. The number of hydrogen-bond donors (Lipinski definition) is 0. The Kier molecular flexibility index (Phi) is 4.88. The van der Waals surface area contributed by atoms with Crippen LogP contribution in [0.25, 0.3) is 17.1 Å². The van der Waals surface area contributed by atoms with Crippen molar-refractivity contribution in [3.63, 3.8) is 0 Å². The van der Waals surface area contributed by atoms with Gasteiger partial charge in [0, 0.05) is 17.9 Å². The SMILES string of the molecule is COc1ccc(-c2nc(C(F)(F)F)nn2-c2ccc(S(C)(=O)=O)c(F)c2)cc1. The second-order valence-electron chi connectivity index (χ2n) is 5.78. The first-order valence-electron chi connectivity index (χ1n) is 7.69. The lowest BCUT2D eigenvalue weighted by molar-refractivity contribution is -0.144. The molecule has 0 aliphatic carbocycles. The fraction of sp³-hybridized carbons (Fsp3) is 0.176. The summed E-state index contributed by atoms with van der Waals surface area (Å²) in [7, 11) is -2.40. The molecule has 0 bridgehead atoms. The van der Waals surface area contributed by atoms with Gasteiger partial charge in [0.15, 0.2) is 15.7 Å². The number of halogens is 4. The fourth-order valence-corrected chi connectivity index (χ4v) is 3.19. The van der Waals surface area contributed by atoms with Crippen molar-refractivity contribution in [3.05, 3.63) is 54.1 Å². The van der Waals surface area contributed by atoms with Crippen LogP contribution in [0.4, 0.5) is 17.6 Å². The normalized spacial score (nSPS) is 12.2. The number of methoxy groups -OCH3 is 1. The Labute approximate surface area is 157 Å². The molecule has 28 heavy (non-hydrogen) atoms. The Morgan fingerprint density at radius 2 is 1.71 bits per heavy atom. The van der Waals surface area contributed by atoms with Gasteiger partial charge in [0.1, 0.15) is 16.5 Å². The number of aromatic nitrogens is 3. The highest BCUT2D eigenvalue weighted by Gasteiger charge is 2.37. The summed E-state index contributed by atoms with van der Waals surface area (Å²) in [5.74, 6) is -2.23. The maximum atomic E-state index is 14.2. The lowest BCUT2D eigenvalue weighted by atomic mass is 10.2. The predicted molar refractivity (Wildman–Crippen MR) is 91.4 cm³/mol. The van der Waals surface area contributed by atoms with E-state index < -0.39 is 32.6 Å². The van der Waals surface area contributed by atoms with Gasteiger partial charge < -0.3 is 4.74 Å². The number of ether oxygens (including phenoxy) is 1. The Hall–Kier alpha value is -2.95. The highest BCUT2D eigenvalue weighted by atomic mass is 32.2. The van der Waals surface area contributed by atoms with Crippen molar-refractivity contribution >= 4 is 9.84 Å². The zero-order valence-electron chi connectivity index (χ0n) is 14.5. The molecule has 0 amide bonds. The van der Waals surface area contributed by atoms with Crippen LogP contribution < -0.4 is 4.74 Å². The zero-order chi connectivity index (χ0) is 20.7. The van der Waals surface area contributed by atoms with E-state index in [1.54, 1.807) is 0 Å². The van der Waals surface area contributed by atoms with E-state index in [9.17, 15) is 26.0 Å². The van der Waals surface area contributed by atoms with Crippen LogP contribution in [-0.2, 0) is 16.0 Å². The third-order valence-corrected chi connectivity index (χ3v) is 4.90. The third kappa shape index (κ3) is 3.84. The summed E-state index contributed by atoms with van der Waals surface area (Å²) >= 11 is 0. The molecule has 2 aromatic carbocycles. The van der Waals surface area contributed by atoms with Crippen molar-refractivity contribution in [2.75, 3.05) is 13.4 Å². The molecule has 0 unspecified atom stereocenters. The average molecular weight is 415 g/mol. The van der Waals surface area contributed by atoms with Crippen molar-refractivity contribution in [1.29, 1.82) is 0 Å². The monoisotopic (exact) mass is 415 g/mol. The maximum Gasteiger partial charge on any atom is 0.453 e. The minimum Gasteiger partial charge on any atom is -0.497 e. The highest BCUT2D eigenvalue weighted by Crippen LogP contribution is 2.31. The highest BCUT2D eigenvalue weighted by molar-refractivity contribution is 7.90. The number of rotatable bonds is 4. The summed E-state index contributed by atoms with van der Waals surface area (Å²) in [5, 5.41) is 3.44. The van der Waals surface area contributed by atoms with Crippen molar-refractivity contribution in [2.45, 2.75) is 11.1 Å². The Bertz CT molecular complexity index is 1120. The van der Waals surface area contributed by atoms with Gasteiger partial charge in [-0.25, -0.2) is 22.5 Å². The molecule has 0 radical (unpaired) electrons. The van der Waals surface area contributed by atoms with Gasteiger partial charge in [0.25, 0.3) is 5.82 Å². The van der Waals surface area contributed by atoms with Gasteiger partial charge in [-0.1, -0.05) is 0 Å². The zero-order valence-corrected chi connectivity index (χ0v) is 15.3. The molecule has 0 aliphatic rings. The smallest absolute Gasteiger partial charge is 0.453 e. The molecule has 0 saturated heterocycles. The van der Waals surface area contributed by atoms with Crippen molar-refractivity contribution in [2.24, 2.45) is 0 Å². The molecule has 0 fully saturated rings. The van der Waals surface area contributed by atoms with E-state index in [4.69, 9.17) is 4.74 Å². The molecule has 11 heteroatoms. The molecule has 0 atom stereocenters. The summed E-state index contributed by atoms with van der Waals surface area (Å²) in [6, 6.07) is 8.90. The van der Waals surface area contributed by atoms with E-state index in [-0.39, 0.29) is 17.1 Å². The number of alkyl halides is 3. The Morgan fingerprint density at radius 1 is 1.07 bits per heavy atom. The van der Waals surface area contributed by atoms with Crippen LogP contribution in [-0.4, -0.2) is 36.5 Å². The second kappa shape index (κ2) is 6.89. The van der Waals surface area contributed by atoms with Gasteiger partial charge in [-0.15, -0.1) is 5.10 Å². The molecule has 0 aliphatic heterocycles. The van der Waals surface area contributed by atoms with Gasteiger partial charge in [-0.2, -0.15) is 13.2 Å². The molecule has 1 aromatic heterocycles. The first-order valence-corrected chi connectivity index (χ1v) is 9.58. The average Bonchev–Trinajstić information content (AvgIpc) is 3.06. The van der Waals surface area contributed by atoms with Crippen molar-refractivity contribution < 1.29 is 30.7 Å². The lowest BCUT2D eigenvalue weighted by Crippen LogP contribution is -2.09. The number of benzene rings is 2. The lowest BCUT2D eigenvalue weighted by Gasteiger charge is -2.08. The van der Waals surface area contributed by atoms with Crippen LogP contribution in [0.5, 0.6) is 5.75 Å². The van der Waals surface area contributed by atoms with Crippen LogP contribution in [0.3, 0.4) is 0 Å². The van der Waals surface area contributed by atoms with Gasteiger partial charge in [-0.3, -0.25) is 0 Å². The Morgan fingerprint density at radius 3 is 2.21 bits per heavy atom. The van der Waals surface area contributed by atoms with Crippen LogP contribution in [0, 0.1) is 5.82 Å². The predicted octanol–water partition coefficient (Wildman–Crippen LogP) is 3.50. The first-order chi connectivity index (χ1) is 13.0. The van der Waals surface area contributed by atoms with Crippen molar-refractivity contribution in [3.8, 4) is 22.8 Å². The molecule has 6 nitrogen and oxygen atoms in total. The minimum absolute atomic E-state index is 0.112. The van der Waals surface area contributed by atoms with Crippen LogP contribution >= 0.6 is 0 Å². The number of nitrogens with zero attached hydrogens (tertiary/aromatic N) is 3. The summed E-state index contributed by atoms with van der Waals surface area (Å²) in [6.07, 6.45) is -4.00. The molecular formula is C17H13F4N3O3S. The van der Waals surface area contributed by atoms with E-state index in [2.05, 4.69) is 10.1 Å². The molecule has 1 heterocycles. The first kappa shape index (κ1) is 19.8. The van der Waals surface area contributed by atoms with E-state index in [1.165, 1.54) is 31.4 Å². The van der Waals surface area contributed by atoms with Crippen LogP contribution in [0.15, 0.2) is 47.4 Å². The van der Waals surface area contributed by atoms with Crippen molar-refractivity contribution in [1.82, 2.24) is 14.8 Å².